The Morgan fingerprint density at radius 3 is 2.73 bits per heavy atom. The maximum Gasteiger partial charge on any atom is 0.149 e. The smallest absolute Gasteiger partial charge is 0.149 e. The van der Waals surface area contributed by atoms with Gasteiger partial charge in [0.1, 0.15) is 17.2 Å². The van der Waals surface area contributed by atoms with Crippen molar-refractivity contribution in [3.63, 3.8) is 0 Å². The number of hydrogen-bond donors (Lipinski definition) is 2. The summed E-state index contributed by atoms with van der Waals surface area (Å²) in [6.45, 7) is 0. The van der Waals surface area contributed by atoms with Crippen LogP contribution in [-0.2, 0) is 0 Å². The second-order valence-corrected chi connectivity index (χ2v) is 4.86. The molecule has 4 rings (SSSR count). The Morgan fingerprint density at radius 2 is 1.86 bits per heavy atom. The minimum atomic E-state index is -0.459. The van der Waals surface area contributed by atoms with Gasteiger partial charge in [-0.15, -0.1) is 0 Å². The van der Waals surface area contributed by atoms with E-state index >= 15 is 0 Å². The highest BCUT2D eigenvalue weighted by Crippen LogP contribution is 2.32. The normalized spacial score (nSPS) is 13.5. The van der Waals surface area contributed by atoms with Gasteiger partial charge in [-0.25, -0.2) is 8.78 Å². The number of aliphatic imine (C=N–C) groups is 1. The fourth-order valence-electron chi connectivity index (χ4n) is 2.59. The van der Waals surface area contributed by atoms with Crippen LogP contribution in [-0.4, -0.2) is 15.9 Å². The van der Waals surface area contributed by atoms with Gasteiger partial charge in [0.2, 0.25) is 0 Å². The Kier molecular flexibility index (Phi) is 2.75. The summed E-state index contributed by atoms with van der Waals surface area (Å²) < 4.78 is 28.4. The Balaban J connectivity index is 2.05. The predicted molar refractivity (Wildman–Crippen MR) is 80.9 cm³/mol. The van der Waals surface area contributed by atoms with Crippen molar-refractivity contribution in [2.24, 2.45) is 4.99 Å². The fourth-order valence-corrected chi connectivity index (χ4v) is 2.59. The Morgan fingerprint density at radius 1 is 1.00 bits per heavy atom. The molecule has 0 saturated carbocycles. The number of hydrogen-bond acceptors (Lipinski definition) is 3. The highest BCUT2D eigenvalue weighted by Gasteiger charge is 2.21. The van der Waals surface area contributed by atoms with Gasteiger partial charge in [0.15, 0.2) is 0 Å². The summed E-state index contributed by atoms with van der Waals surface area (Å²) in [7, 11) is 0. The number of benzene rings is 2. The summed E-state index contributed by atoms with van der Waals surface area (Å²) >= 11 is 0. The van der Waals surface area contributed by atoms with Gasteiger partial charge in [-0.3, -0.25) is 10.1 Å². The molecule has 6 heteroatoms. The SMILES string of the molecule is Fc1ccccc1C1=NC=CNc2c1cc(F)c1[nH]ncc21. The van der Waals surface area contributed by atoms with Crippen molar-refractivity contribution in [3.8, 4) is 0 Å². The van der Waals surface area contributed by atoms with Crippen LogP contribution in [0.2, 0.25) is 0 Å². The van der Waals surface area contributed by atoms with E-state index in [9.17, 15) is 8.78 Å². The summed E-state index contributed by atoms with van der Waals surface area (Å²) in [6.07, 6.45) is 4.67. The lowest BCUT2D eigenvalue weighted by molar-refractivity contribution is 0.625. The van der Waals surface area contributed by atoms with E-state index in [0.29, 0.717) is 33.4 Å². The number of H-pyrrole nitrogens is 1. The van der Waals surface area contributed by atoms with Crippen LogP contribution in [0.5, 0.6) is 0 Å². The van der Waals surface area contributed by atoms with Gasteiger partial charge >= 0.3 is 0 Å². The summed E-state index contributed by atoms with van der Waals surface area (Å²) in [6, 6.07) is 7.63. The van der Waals surface area contributed by atoms with Gasteiger partial charge in [-0.2, -0.15) is 5.10 Å². The number of aromatic nitrogens is 2. The van der Waals surface area contributed by atoms with E-state index in [0.717, 1.165) is 0 Å². The second kappa shape index (κ2) is 4.77. The summed E-state index contributed by atoms with van der Waals surface area (Å²) in [5, 5.41) is 10.1. The lowest BCUT2D eigenvalue weighted by Gasteiger charge is -2.12. The first-order valence-electron chi connectivity index (χ1n) is 6.66. The lowest BCUT2D eigenvalue weighted by atomic mass is 9.98. The van der Waals surface area contributed by atoms with Crippen molar-refractivity contribution >= 4 is 22.3 Å². The third-order valence-corrected chi connectivity index (χ3v) is 3.58. The summed E-state index contributed by atoms with van der Waals surface area (Å²) in [5.74, 6) is -0.866. The van der Waals surface area contributed by atoms with Crippen LogP contribution < -0.4 is 5.32 Å². The quantitative estimate of drug-likeness (QED) is 0.721. The fraction of sp³-hybridized carbons (Fsp3) is 0. The van der Waals surface area contributed by atoms with Crippen molar-refractivity contribution in [1.29, 1.82) is 0 Å². The summed E-state index contributed by atoms with van der Waals surface area (Å²) in [4.78, 5) is 4.26. The molecule has 0 saturated heterocycles. The molecule has 4 nitrogen and oxygen atoms in total. The van der Waals surface area contributed by atoms with Crippen LogP contribution in [0.1, 0.15) is 11.1 Å². The predicted octanol–water partition coefficient (Wildman–Crippen LogP) is 3.58. The average Bonchev–Trinajstić information content (AvgIpc) is 2.92. The van der Waals surface area contributed by atoms with E-state index in [4.69, 9.17) is 0 Å². The van der Waals surface area contributed by atoms with E-state index in [2.05, 4.69) is 20.5 Å². The molecule has 22 heavy (non-hydrogen) atoms. The molecule has 2 heterocycles. The van der Waals surface area contributed by atoms with Gasteiger partial charge in [-0.1, -0.05) is 12.1 Å². The largest absolute Gasteiger partial charge is 0.359 e. The Hall–Kier alpha value is -3.02. The first-order valence-corrected chi connectivity index (χ1v) is 6.66. The average molecular weight is 296 g/mol. The van der Waals surface area contributed by atoms with Crippen LogP contribution in [0.15, 0.2) is 53.9 Å². The number of rotatable bonds is 1. The minimum Gasteiger partial charge on any atom is -0.359 e. The van der Waals surface area contributed by atoms with Crippen molar-refractivity contribution in [2.45, 2.75) is 0 Å². The molecule has 1 aliphatic rings. The molecule has 0 unspecified atom stereocenters. The number of aromatic amines is 1. The van der Waals surface area contributed by atoms with Crippen LogP contribution in [0, 0.1) is 11.6 Å². The molecular formula is C16H10F2N4. The molecule has 0 aliphatic carbocycles. The van der Waals surface area contributed by atoms with Gasteiger partial charge < -0.3 is 5.32 Å². The topological polar surface area (TPSA) is 53.1 Å². The third-order valence-electron chi connectivity index (χ3n) is 3.58. The molecule has 1 aromatic heterocycles. The molecule has 3 aromatic rings. The first-order chi connectivity index (χ1) is 10.8. The van der Waals surface area contributed by atoms with Gasteiger partial charge in [0, 0.05) is 28.9 Å². The van der Waals surface area contributed by atoms with Gasteiger partial charge in [0.05, 0.1) is 17.6 Å². The zero-order chi connectivity index (χ0) is 15.1. The van der Waals surface area contributed by atoms with Gasteiger partial charge in [-0.05, 0) is 18.2 Å². The van der Waals surface area contributed by atoms with Crippen LogP contribution in [0.25, 0.3) is 10.9 Å². The van der Waals surface area contributed by atoms with E-state index in [-0.39, 0.29) is 0 Å². The van der Waals surface area contributed by atoms with E-state index in [1.54, 1.807) is 24.4 Å². The van der Waals surface area contributed by atoms with Gasteiger partial charge in [0.25, 0.3) is 0 Å². The highest BCUT2D eigenvalue weighted by atomic mass is 19.1. The van der Waals surface area contributed by atoms with E-state index in [1.807, 2.05) is 0 Å². The molecule has 108 valence electrons. The molecule has 0 atom stereocenters. The maximum atomic E-state index is 14.3. The lowest BCUT2D eigenvalue weighted by Crippen LogP contribution is -2.08. The maximum absolute atomic E-state index is 14.3. The van der Waals surface area contributed by atoms with Crippen LogP contribution in [0.3, 0.4) is 0 Å². The van der Waals surface area contributed by atoms with Crippen molar-refractivity contribution in [2.75, 3.05) is 5.32 Å². The molecule has 0 fully saturated rings. The zero-order valence-corrected chi connectivity index (χ0v) is 11.3. The second-order valence-electron chi connectivity index (χ2n) is 4.86. The molecule has 0 amide bonds. The first kappa shape index (κ1) is 12.7. The Labute approximate surface area is 124 Å². The molecule has 0 bridgehead atoms. The standard InChI is InChI=1S/C16H10F2N4/c17-12-4-2-1-3-9(12)14-10-7-13(18)16-11(8-21-22-16)15(10)20-6-5-19-14/h1-8,20H,(H,21,22). The van der Waals surface area contributed by atoms with Crippen molar-refractivity contribution < 1.29 is 8.78 Å². The highest BCUT2D eigenvalue weighted by molar-refractivity contribution is 6.19. The monoisotopic (exact) mass is 296 g/mol. The number of anilines is 1. The zero-order valence-electron chi connectivity index (χ0n) is 11.3. The molecule has 2 N–H and O–H groups in total. The Bertz CT molecular complexity index is 940. The molecule has 0 spiro atoms. The van der Waals surface area contributed by atoms with Crippen molar-refractivity contribution in [3.05, 3.63) is 71.7 Å². The van der Waals surface area contributed by atoms with Crippen molar-refractivity contribution in [1.82, 2.24) is 10.2 Å². The van der Waals surface area contributed by atoms with Crippen LogP contribution in [0.4, 0.5) is 14.5 Å². The number of nitrogens with one attached hydrogen (secondary N) is 2. The molecule has 2 aromatic carbocycles. The van der Waals surface area contributed by atoms with Crippen LogP contribution >= 0.6 is 0 Å². The number of halogens is 2. The number of nitrogens with zero attached hydrogens (tertiary/aromatic N) is 2. The molecular weight excluding hydrogens is 286 g/mol. The minimum absolute atomic E-state index is 0.300. The summed E-state index contributed by atoms with van der Waals surface area (Å²) in [5.41, 5.74) is 2.12. The molecule has 0 radical (unpaired) electrons. The number of fused-ring (bicyclic) bond motifs is 3. The molecule has 1 aliphatic heterocycles. The van der Waals surface area contributed by atoms with E-state index < -0.39 is 11.6 Å². The third kappa shape index (κ3) is 1.81. The van der Waals surface area contributed by atoms with E-state index in [1.165, 1.54) is 24.5 Å².